The molecule has 0 spiro atoms. The third-order valence-electron chi connectivity index (χ3n) is 3.57. The van der Waals surface area contributed by atoms with E-state index in [4.69, 9.17) is 19.9 Å². The molecule has 7 heteroatoms. The summed E-state index contributed by atoms with van der Waals surface area (Å²) in [5.74, 6) is 6.02. The van der Waals surface area contributed by atoms with Crippen LogP contribution in [0.2, 0.25) is 0 Å². The summed E-state index contributed by atoms with van der Waals surface area (Å²) in [6.45, 7) is 0.195. The number of nitrogens with one attached hydrogen (secondary N) is 1. The first-order valence-electron chi connectivity index (χ1n) is 8.04. The first-order chi connectivity index (χ1) is 13.1. The van der Waals surface area contributed by atoms with E-state index < -0.39 is 5.91 Å². The van der Waals surface area contributed by atoms with Crippen molar-refractivity contribution in [3.63, 3.8) is 0 Å². The molecule has 2 aromatic rings. The highest BCUT2D eigenvalue weighted by molar-refractivity contribution is 5.97. The minimum atomic E-state index is -0.570. The Labute approximate surface area is 157 Å². The average Bonchev–Trinajstić information content (AvgIpc) is 2.69. The molecule has 0 bridgehead atoms. The molecule has 2 amide bonds. The second-order valence-corrected chi connectivity index (χ2v) is 5.25. The van der Waals surface area contributed by atoms with Crippen molar-refractivity contribution < 1.29 is 23.8 Å². The van der Waals surface area contributed by atoms with Crippen LogP contribution in [-0.2, 0) is 0 Å². The van der Waals surface area contributed by atoms with Crippen LogP contribution in [0.1, 0.15) is 20.7 Å². The Morgan fingerprint density at radius 2 is 1.78 bits per heavy atom. The lowest BCUT2D eigenvalue weighted by atomic mass is 10.1. The summed E-state index contributed by atoms with van der Waals surface area (Å²) in [6.07, 6.45) is 0. The number of ether oxygens (including phenoxy) is 3. The first-order valence-corrected chi connectivity index (χ1v) is 8.04. The van der Waals surface area contributed by atoms with Gasteiger partial charge in [-0.1, -0.05) is 24.0 Å². The summed E-state index contributed by atoms with van der Waals surface area (Å²) in [7, 11) is 3.01. The topological polar surface area (TPSA) is 99.9 Å². The van der Waals surface area contributed by atoms with Gasteiger partial charge in [0, 0.05) is 6.07 Å². The Bertz CT molecular complexity index is 883. The number of hydrogen-bond acceptors (Lipinski definition) is 5. The van der Waals surface area contributed by atoms with Crippen LogP contribution in [0.25, 0.3) is 0 Å². The molecule has 0 atom stereocenters. The van der Waals surface area contributed by atoms with E-state index in [1.165, 1.54) is 14.2 Å². The fourth-order valence-electron chi connectivity index (χ4n) is 2.23. The molecule has 0 aliphatic rings. The maximum atomic E-state index is 12.2. The van der Waals surface area contributed by atoms with Crippen molar-refractivity contribution in [3.8, 4) is 29.1 Å². The zero-order valence-corrected chi connectivity index (χ0v) is 15.1. The van der Waals surface area contributed by atoms with E-state index in [2.05, 4.69) is 17.2 Å². The molecule has 27 heavy (non-hydrogen) atoms. The highest BCUT2D eigenvalue weighted by atomic mass is 16.5. The number of benzene rings is 2. The van der Waals surface area contributed by atoms with Crippen molar-refractivity contribution in [2.75, 3.05) is 27.4 Å². The van der Waals surface area contributed by atoms with Crippen molar-refractivity contribution in [1.82, 2.24) is 5.32 Å². The lowest BCUT2D eigenvalue weighted by Crippen LogP contribution is -2.24. The Morgan fingerprint density at radius 1 is 1.00 bits per heavy atom. The van der Waals surface area contributed by atoms with Gasteiger partial charge in [0.15, 0.2) is 0 Å². The second-order valence-electron chi connectivity index (χ2n) is 5.25. The summed E-state index contributed by atoms with van der Waals surface area (Å²) in [5, 5.41) is 2.68. The van der Waals surface area contributed by atoms with Crippen LogP contribution in [0.5, 0.6) is 17.2 Å². The number of para-hydroxylation sites is 1. The zero-order valence-electron chi connectivity index (χ0n) is 15.1. The third-order valence-corrected chi connectivity index (χ3v) is 3.57. The summed E-state index contributed by atoms with van der Waals surface area (Å²) < 4.78 is 15.7. The molecule has 140 valence electrons. The van der Waals surface area contributed by atoms with E-state index in [0.29, 0.717) is 28.4 Å². The second kappa shape index (κ2) is 9.73. The summed E-state index contributed by atoms with van der Waals surface area (Å²) in [4.78, 5) is 23.5. The van der Waals surface area contributed by atoms with Gasteiger partial charge in [0.1, 0.15) is 23.9 Å². The summed E-state index contributed by atoms with van der Waals surface area (Å²) in [6, 6.07) is 11.6. The van der Waals surface area contributed by atoms with E-state index in [0.717, 1.165) is 0 Å². The number of nitrogens with two attached hydrogens (primary N) is 1. The Hall–Kier alpha value is -3.66. The van der Waals surface area contributed by atoms with Crippen LogP contribution in [0.3, 0.4) is 0 Å². The Kier molecular flexibility index (Phi) is 7.08. The number of primary amides is 1. The predicted octanol–water partition coefficient (Wildman–Crippen LogP) is 1.61. The van der Waals surface area contributed by atoms with Crippen molar-refractivity contribution in [2.45, 2.75) is 0 Å². The van der Waals surface area contributed by atoms with Crippen LogP contribution in [0.4, 0.5) is 0 Å². The lowest BCUT2D eigenvalue weighted by Gasteiger charge is -2.09. The molecular formula is C20H20N2O5. The monoisotopic (exact) mass is 368 g/mol. The SMILES string of the molecule is COc1ccc(C(=O)NCC#CCOc2ccccc2C(N)=O)c(OC)c1. The molecule has 0 fully saturated rings. The molecule has 0 heterocycles. The van der Waals surface area contributed by atoms with Gasteiger partial charge in [0.25, 0.3) is 11.8 Å². The Balaban J connectivity index is 1.87. The van der Waals surface area contributed by atoms with Crippen molar-refractivity contribution >= 4 is 11.8 Å². The van der Waals surface area contributed by atoms with Gasteiger partial charge in [-0.05, 0) is 24.3 Å². The van der Waals surface area contributed by atoms with Gasteiger partial charge in [-0.2, -0.15) is 0 Å². The summed E-state index contributed by atoms with van der Waals surface area (Å²) >= 11 is 0. The molecule has 2 rings (SSSR count). The van der Waals surface area contributed by atoms with E-state index >= 15 is 0 Å². The van der Waals surface area contributed by atoms with Crippen molar-refractivity contribution in [1.29, 1.82) is 0 Å². The molecule has 0 aliphatic heterocycles. The molecule has 2 aromatic carbocycles. The molecule has 0 saturated heterocycles. The fourth-order valence-corrected chi connectivity index (χ4v) is 2.23. The molecule has 0 unspecified atom stereocenters. The predicted molar refractivity (Wildman–Crippen MR) is 100 cm³/mol. The minimum absolute atomic E-state index is 0.0615. The van der Waals surface area contributed by atoms with Crippen LogP contribution >= 0.6 is 0 Å². The van der Waals surface area contributed by atoms with Gasteiger partial charge in [0.2, 0.25) is 0 Å². The van der Waals surface area contributed by atoms with E-state index in [1.807, 2.05) is 0 Å². The van der Waals surface area contributed by atoms with Gasteiger partial charge >= 0.3 is 0 Å². The third kappa shape index (κ3) is 5.41. The maximum absolute atomic E-state index is 12.2. The van der Waals surface area contributed by atoms with Crippen molar-refractivity contribution in [3.05, 3.63) is 53.6 Å². The normalized spacial score (nSPS) is 9.56. The average molecular weight is 368 g/mol. The molecule has 0 radical (unpaired) electrons. The van der Waals surface area contributed by atoms with E-state index in [-0.39, 0.29) is 19.1 Å². The highest BCUT2D eigenvalue weighted by Crippen LogP contribution is 2.24. The van der Waals surface area contributed by atoms with Gasteiger partial charge < -0.3 is 25.3 Å². The zero-order chi connectivity index (χ0) is 19.6. The number of carbonyl (C=O) groups excluding carboxylic acids is 2. The van der Waals surface area contributed by atoms with E-state index in [9.17, 15) is 9.59 Å². The standard InChI is InChI=1S/C20H20N2O5/c1-25-14-9-10-16(18(13-14)26-2)20(24)22-11-5-6-12-27-17-8-4-3-7-15(17)19(21)23/h3-4,7-10,13H,11-12H2,1-2H3,(H2,21,23)(H,22,24). The quantitative estimate of drug-likeness (QED) is 0.724. The Morgan fingerprint density at radius 3 is 2.48 bits per heavy atom. The number of methoxy groups -OCH3 is 2. The molecular weight excluding hydrogens is 348 g/mol. The van der Waals surface area contributed by atoms with Crippen LogP contribution in [-0.4, -0.2) is 39.2 Å². The smallest absolute Gasteiger partial charge is 0.255 e. The number of amides is 2. The number of rotatable bonds is 7. The molecule has 0 aromatic heterocycles. The largest absolute Gasteiger partial charge is 0.497 e. The summed E-state index contributed by atoms with van der Waals surface area (Å²) in [5.41, 5.74) is 5.95. The molecule has 7 nitrogen and oxygen atoms in total. The number of carbonyl (C=O) groups is 2. The maximum Gasteiger partial charge on any atom is 0.255 e. The van der Waals surface area contributed by atoms with Crippen LogP contribution in [0.15, 0.2) is 42.5 Å². The van der Waals surface area contributed by atoms with Crippen LogP contribution < -0.4 is 25.3 Å². The first kappa shape index (κ1) is 19.7. The highest BCUT2D eigenvalue weighted by Gasteiger charge is 2.12. The minimum Gasteiger partial charge on any atom is -0.497 e. The molecule has 0 saturated carbocycles. The molecule has 0 aliphatic carbocycles. The van der Waals surface area contributed by atoms with E-state index in [1.54, 1.807) is 42.5 Å². The van der Waals surface area contributed by atoms with Gasteiger partial charge in [-0.3, -0.25) is 9.59 Å². The van der Waals surface area contributed by atoms with Crippen molar-refractivity contribution in [2.24, 2.45) is 5.73 Å². The number of hydrogen-bond donors (Lipinski definition) is 2. The fraction of sp³-hybridized carbons (Fsp3) is 0.200. The van der Waals surface area contributed by atoms with Gasteiger partial charge in [0.05, 0.1) is 31.9 Å². The van der Waals surface area contributed by atoms with Gasteiger partial charge in [-0.15, -0.1) is 0 Å². The van der Waals surface area contributed by atoms with Gasteiger partial charge in [-0.25, -0.2) is 0 Å². The molecule has 3 N–H and O–H groups in total. The lowest BCUT2D eigenvalue weighted by molar-refractivity contribution is 0.0954. The van der Waals surface area contributed by atoms with Crippen LogP contribution in [0, 0.1) is 11.8 Å².